The number of methoxy groups -OCH3 is 1. The highest BCUT2D eigenvalue weighted by molar-refractivity contribution is 6.31. The maximum absolute atomic E-state index is 12.1. The number of ether oxygens (including phenoxy) is 2. The summed E-state index contributed by atoms with van der Waals surface area (Å²) in [5.41, 5.74) is 0.881. The first kappa shape index (κ1) is 18.6. The molecule has 0 bridgehead atoms. The van der Waals surface area contributed by atoms with Crippen molar-refractivity contribution in [2.24, 2.45) is 0 Å². The number of benzene rings is 2. The lowest BCUT2D eigenvalue weighted by molar-refractivity contribution is -0.115. The molecule has 0 aliphatic heterocycles. The van der Waals surface area contributed by atoms with Crippen LogP contribution in [0.15, 0.2) is 42.5 Å². The van der Waals surface area contributed by atoms with Gasteiger partial charge < -0.3 is 20.1 Å². The SMILES string of the molecule is CCOc1ccc(C(=O)NCC(=O)Nc2cc(Cl)ccc2OC)cc1. The number of rotatable bonds is 7. The van der Waals surface area contributed by atoms with Crippen LogP contribution in [-0.2, 0) is 4.79 Å². The number of carbonyl (C=O) groups is 2. The smallest absolute Gasteiger partial charge is 0.251 e. The zero-order valence-corrected chi connectivity index (χ0v) is 14.7. The first-order valence-electron chi connectivity index (χ1n) is 7.68. The van der Waals surface area contributed by atoms with Crippen molar-refractivity contribution in [2.75, 3.05) is 25.6 Å². The van der Waals surface area contributed by atoms with E-state index >= 15 is 0 Å². The third-order valence-corrected chi connectivity index (χ3v) is 3.51. The first-order chi connectivity index (χ1) is 12.0. The molecule has 7 heteroatoms. The summed E-state index contributed by atoms with van der Waals surface area (Å²) in [7, 11) is 1.49. The molecule has 2 N–H and O–H groups in total. The molecule has 6 nitrogen and oxygen atoms in total. The minimum absolute atomic E-state index is 0.179. The molecule has 0 aliphatic carbocycles. The summed E-state index contributed by atoms with van der Waals surface area (Å²) < 4.78 is 10.5. The number of hydrogen-bond donors (Lipinski definition) is 2. The fraction of sp³-hybridized carbons (Fsp3) is 0.222. The summed E-state index contributed by atoms with van der Waals surface area (Å²) >= 11 is 5.91. The second-order valence-electron chi connectivity index (χ2n) is 5.03. The molecule has 25 heavy (non-hydrogen) atoms. The summed E-state index contributed by atoms with van der Waals surface area (Å²) in [5.74, 6) is 0.427. The molecule has 2 aromatic carbocycles. The minimum atomic E-state index is -0.389. The summed E-state index contributed by atoms with van der Waals surface area (Å²) in [5, 5.41) is 5.68. The summed E-state index contributed by atoms with van der Waals surface area (Å²) in [6.07, 6.45) is 0. The van der Waals surface area contributed by atoms with Gasteiger partial charge in [-0.05, 0) is 49.4 Å². The maximum atomic E-state index is 12.1. The molecule has 0 heterocycles. The van der Waals surface area contributed by atoms with E-state index in [9.17, 15) is 9.59 Å². The van der Waals surface area contributed by atoms with Gasteiger partial charge in [-0.3, -0.25) is 9.59 Å². The van der Waals surface area contributed by atoms with E-state index in [2.05, 4.69) is 10.6 Å². The first-order valence-corrected chi connectivity index (χ1v) is 8.05. The van der Waals surface area contributed by atoms with Gasteiger partial charge in [-0.2, -0.15) is 0 Å². The zero-order valence-electron chi connectivity index (χ0n) is 14.0. The highest BCUT2D eigenvalue weighted by Crippen LogP contribution is 2.27. The Morgan fingerprint density at radius 1 is 1.12 bits per heavy atom. The van der Waals surface area contributed by atoms with Crippen molar-refractivity contribution in [3.05, 3.63) is 53.1 Å². The van der Waals surface area contributed by atoms with Gasteiger partial charge in [0.1, 0.15) is 11.5 Å². The number of anilines is 1. The van der Waals surface area contributed by atoms with Crippen molar-refractivity contribution in [3.8, 4) is 11.5 Å². The van der Waals surface area contributed by atoms with Crippen LogP contribution in [0.1, 0.15) is 17.3 Å². The second kappa shape index (κ2) is 8.94. The molecule has 0 atom stereocenters. The predicted octanol–water partition coefficient (Wildman–Crippen LogP) is 3.12. The second-order valence-corrected chi connectivity index (χ2v) is 5.47. The van der Waals surface area contributed by atoms with E-state index in [1.54, 1.807) is 42.5 Å². The third kappa shape index (κ3) is 5.39. The van der Waals surface area contributed by atoms with E-state index in [4.69, 9.17) is 21.1 Å². The zero-order chi connectivity index (χ0) is 18.2. The average Bonchev–Trinajstić information content (AvgIpc) is 2.61. The fourth-order valence-electron chi connectivity index (χ4n) is 2.10. The van der Waals surface area contributed by atoms with Gasteiger partial charge in [0.25, 0.3) is 5.91 Å². The summed E-state index contributed by atoms with van der Waals surface area (Å²) in [6, 6.07) is 11.6. The van der Waals surface area contributed by atoms with Crippen LogP contribution in [0.3, 0.4) is 0 Å². The quantitative estimate of drug-likeness (QED) is 0.793. The van der Waals surface area contributed by atoms with Crippen molar-refractivity contribution in [1.29, 1.82) is 0 Å². The van der Waals surface area contributed by atoms with E-state index < -0.39 is 0 Å². The van der Waals surface area contributed by atoms with Gasteiger partial charge in [0.2, 0.25) is 5.91 Å². The highest BCUT2D eigenvalue weighted by atomic mass is 35.5. The lowest BCUT2D eigenvalue weighted by atomic mass is 10.2. The minimum Gasteiger partial charge on any atom is -0.495 e. The molecular weight excluding hydrogens is 344 g/mol. The van der Waals surface area contributed by atoms with Crippen LogP contribution in [0.5, 0.6) is 11.5 Å². The highest BCUT2D eigenvalue weighted by Gasteiger charge is 2.11. The van der Waals surface area contributed by atoms with Gasteiger partial charge in [-0.1, -0.05) is 11.6 Å². The molecule has 0 saturated carbocycles. The molecule has 0 fully saturated rings. The predicted molar refractivity (Wildman–Crippen MR) is 96.6 cm³/mol. The van der Waals surface area contributed by atoms with Crippen LogP contribution in [0.25, 0.3) is 0 Å². The van der Waals surface area contributed by atoms with E-state index in [0.717, 1.165) is 0 Å². The number of hydrogen-bond acceptors (Lipinski definition) is 4. The van der Waals surface area contributed by atoms with Crippen LogP contribution < -0.4 is 20.1 Å². The molecule has 0 unspecified atom stereocenters. The van der Waals surface area contributed by atoms with Gasteiger partial charge in [-0.25, -0.2) is 0 Å². The van der Waals surface area contributed by atoms with Gasteiger partial charge in [0.05, 0.1) is 25.9 Å². The Labute approximate surface area is 151 Å². The van der Waals surface area contributed by atoms with E-state index in [1.807, 2.05) is 6.92 Å². The Morgan fingerprint density at radius 2 is 1.84 bits per heavy atom. The van der Waals surface area contributed by atoms with Crippen LogP contribution in [-0.4, -0.2) is 32.1 Å². The molecule has 0 aromatic heterocycles. The van der Waals surface area contributed by atoms with Gasteiger partial charge in [0.15, 0.2) is 0 Å². The molecule has 2 aromatic rings. The van der Waals surface area contributed by atoms with E-state index in [1.165, 1.54) is 7.11 Å². The van der Waals surface area contributed by atoms with Crippen molar-refractivity contribution < 1.29 is 19.1 Å². The number of halogens is 1. The van der Waals surface area contributed by atoms with E-state index in [-0.39, 0.29) is 18.4 Å². The Hall–Kier alpha value is -2.73. The van der Waals surface area contributed by atoms with E-state index in [0.29, 0.717) is 34.4 Å². The summed E-state index contributed by atoms with van der Waals surface area (Å²) in [6.45, 7) is 2.26. The topological polar surface area (TPSA) is 76.7 Å². The van der Waals surface area contributed by atoms with Crippen molar-refractivity contribution in [1.82, 2.24) is 5.32 Å². The van der Waals surface area contributed by atoms with Crippen molar-refractivity contribution in [3.63, 3.8) is 0 Å². The van der Waals surface area contributed by atoms with Crippen molar-refractivity contribution in [2.45, 2.75) is 6.92 Å². The Bertz CT molecular complexity index is 747. The third-order valence-electron chi connectivity index (χ3n) is 3.27. The fourth-order valence-corrected chi connectivity index (χ4v) is 2.28. The number of carbonyl (C=O) groups excluding carboxylic acids is 2. The average molecular weight is 363 g/mol. The monoisotopic (exact) mass is 362 g/mol. The number of amides is 2. The molecule has 0 radical (unpaired) electrons. The Kier molecular flexibility index (Phi) is 6.65. The molecule has 0 aliphatic rings. The molecular formula is C18H19ClN2O4. The van der Waals surface area contributed by atoms with Crippen molar-refractivity contribution >= 4 is 29.1 Å². The van der Waals surface area contributed by atoms with Crippen LogP contribution >= 0.6 is 11.6 Å². The normalized spacial score (nSPS) is 10.0. The van der Waals surface area contributed by atoms with Gasteiger partial charge in [0, 0.05) is 10.6 Å². The molecule has 2 amide bonds. The largest absolute Gasteiger partial charge is 0.495 e. The lowest BCUT2D eigenvalue weighted by Gasteiger charge is -2.11. The molecule has 0 saturated heterocycles. The molecule has 2 rings (SSSR count). The lowest BCUT2D eigenvalue weighted by Crippen LogP contribution is -2.32. The molecule has 132 valence electrons. The van der Waals surface area contributed by atoms with Gasteiger partial charge >= 0.3 is 0 Å². The standard InChI is InChI=1S/C18H19ClN2O4/c1-3-25-14-7-4-12(5-8-14)18(23)20-11-17(22)21-15-10-13(19)6-9-16(15)24-2/h4-10H,3,11H2,1-2H3,(H,20,23)(H,21,22). The van der Waals surface area contributed by atoms with Crippen LogP contribution in [0.4, 0.5) is 5.69 Å². The maximum Gasteiger partial charge on any atom is 0.251 e. The summed E-state index contributed by atoms with van der Waals surface area (Å²) in [4.78, 5) is 24.1. The number of nitrogens with one attached hydrogen (secondary N) is 2. The van der Waals surface area contributed by atoms with Gasteiger partial charge in [-0.15, -0.1) is 0 Å². The van der Waals surface area contributed by atoms with Crippen LogP contribution in [0.2, 0.25) is 5.02 Å². The Morgan fingerprint density at radius 3 is 2.48 bits per heavy atom. The molecule has 0 spiro atoms. The Balaban J connectivity index is 1.91. The van der Waals surface area contributed by atoms with Crippen LogP contribution in [0, 0.1) is 0 Å².